The third kappa shape index (κ3) is 6.11. The Morgan fingerprint density at radius 1 is 1.09 bits per heavy atom. The van der Waals surface area contributed by atoms with Crippen LogP contribution in [0.15, 0.2) is 59.6 Å². The van der Waals surface area contributed by atoms with Gasteiger partial charge >= 0.3 is 0 Å². The third-order valence-electron chi connectivity index (χ3n) is 4.68. The number of rotatable bonds is 9. The molecule has 0 spiro atoms. The Labute approximate surface area is 192 Å². The highest BCUT2D eigenvalue weighted by atomic mass is 32.2. The number of amides is 1. The summed E-state index contributed by atoms with van der Waals surface area (Å²) in [5.41, 5.74) is 0.240. The SMILES string of the molecule is CC(CO)Oc1cc(Oc2cccc(S(=O)(=O)C(C)C)c2)cc(C(=O)Nc2ccn(C)n2)c1. The minimum absolute atomic E-state index is 0.143. The molecule has 1 atom stereocenters. The van der Waals surface area contributed by atoms with Crippen LogP contribution < -0.4 is 14.8 Å². The maximum absolute atomic E-state index is 12.8. The molecule has 0 saturated carbocycles. The summed E-state index contributed by atoms with van der Waals surface area (Å²) in [4.78, 5) is 12.9. The lowest BCUT2D eigenvalue weighted by Crippen LogP contribution is -2.17. The van der Waals surface area contributed by atoms with E-state index >= 15 is 0 Å². The Kier molecular flexibility index (Phi) is 7.39. The molecule has 1 amide bonds. The number of sulfone groups is 1. The van der Waals surface area contributed by atoms with Gasteiger partial charge in [-0.2, -0.15) is 5.10 Å². The summed E-state index contributed by atoms with van der Waals surface area (Å²) in [6.45, 7) is 4.69. The standard InChI is InChI=1S/C23H27N3O6S/c1-15(2)33(29,30)21-7-5-6-18(13-21)32-20-11-17(10-19(12-20)31-16(3)14-27)23(28)24-22-8-9-26(4)25-22/h5-13,15-16,27H,14H2,1-4H3,(H,24,25,28). The summed E-state index contributed by atoms with van der Waals surface area (Å²) in [5, 5.41) is 15.6. The molecule has 9 nitrogen and oxygen atoms in total. The average molecular weight is 474 g/mol. The quantitative estimate of drug-likeness (QED) is 0.489. The zero-order valence-electron chi connectivity index (χ0n) is 18.8. The lowest BCUT2D eigenvalue weighted by Gasteiger charge is -2.15. The molecule has 0 bridgehead atoms. The summed E-state index contributed by atoms with van der Waals surface area (Å²) < 4.78 is 38.1. The van der Waals surface area contributed by atoms with E-state index in [-0.39, 0.29) is 22.8 Å². The summed E-state index contributed by atoms with van der Waals surface area (Å²) in [6.07, 6.45) is 1.19. The Balaban J connectivity index is 1.93. The van der Waals surface area contributed by atoms with Gasteiger partial charge in [-0.3, -0.25) is 9.48 Å². The molecule has 0 aliphatic heterocycles. The molecule has 1 aromatic heterocycles. The molecular formula is C23H27N3O6S. The van der Waals surface area contributed by atoms with E-state index in [1.54, 1.807) is 63.0 Å². The van der Waals surface area contributed by atoms with E-state index in [0.29, 0.717) is 17.3 Å². The first-order chi connectivity index (χ1) is 15.6. The van der Waals surface area contributed by atoms with Crippen LogP contribution in [-0.2, 0) is 16.9 Å². The zero-order valence-corrected chi connectivity index (χ0v) is 19.7. The fourth-order valence-corrected chi connectivity index (χ4v) is 3.99. The van der Waals surface area contributed by atoms with E-state index in [2.05, 4.69) is 10.4 Å². The second kappa shape index (κ2) is 10.1. The number of carbonyl (C=O) groups is 1. The number of hydrogen-bond acceptors (Lipinski definition) is 7. The Morgan fingerprint density at radius 2 is 1.82 bits per heavy atom. The number of hydrogen-bond donors (Lipinski definition) is 2. The number of aromatic nitrogens is 2. The first kappa shape index (κ1) is 24.3. The molecule has 0 radical (unpaired) electrons. The lowest BCUT2D eigenvalue weighted by molar-refractivity contribution is 0.102. The summed E-state index contributed by atoms with van der Waals surface area (Å²) >= 11 is 0. The van der Waals surface area contributed by atoms with Gasteiger partial charge in [-0.05, 0) is 51.1 Å². The van der Waals surface area contributed by atoms with E-state index in [9.17, 15) is 18.3 Å². The number of anilines is 1. The fourth-order valence-electron chi connectivity index (χ4n) is 2.89. The summed E-state index contributed by atoms with van der Waals surface area (Å²) in [7, 11) is -1.74. The molecule has 0 fully saturated rings. The van der Waals surface area contributed by atoms with Crippen molar-refractivity contribution in [2.24, 2.45) is 7.05 Å². The number of benzene rings is 2. The molecule has 10 heteroatoms. The highest BCUT2D eigenvalue weighted by Crippen LogP contribution is 2.30. The van der Waals surface area contributed by atoms with Gasteiger partial charge in [0.2, 0.25) is 0 Å². The molecule has 2 N–H and O–H groups in total. The minimum Gasteiger partial charge on any atom is -0.488 e. The molecule has 176 valence electrons. The van der Waals surface area contributed by atoms with Gasteiger partial charge in [0.1, 0.15) is 23.4 Å². The molecule has 0 aliphatic rings. The van der Waals surface area contributed by atoms with Gasteiger partial charge in [-0.15, -0.1) is 0 Å². The number of aryl methyl sites for hydroxylation is 1. The van der Waals surface area contributed by atoms with E-state index < -0.39 is 27.1 Å². The Bertz CT molecular complexity index is 1240. The topological polar surface area (TPSA) is 120 Å². The van der Waals surface area contributed by atoms with Crippen molar-refractivity contribution >= 4 is 21.6 Å². The van der Waals surface area contributed by atoms with Gasteiger partial charge in [0.25, 0.3) is 5.91 Å². The van der Waals surface area contributed by atoms with Crippen molar-refractivity contribution in [2.75, 3.05) is 11.9 Å². The van der Waals surface area contributed by atoms with E-state index in [4.69, 9.17) is 9.47 Å². The zero-order chi connectivity index (χ0) is 24.2. The summed E-state index contributed by atoms with van der Waals surface area (Å²) in [5.74, 6) is 0.817. The third-order valence-corrected chi connectivity index (χ3v) is 6.83. The molecule has 3 rings (SSSR count). The monoisotopic (exact) mass is 473 g/mol. The van der Waals surface area contributed by atoms with Gasteiger partial charge in [-0.1, -0.05) is 6.07 Å². The van der Waals surface area contributed by atoms with Crippen molar-refractivity contribution in [3.05, 3.63) is 60.3 Å². The second-order valence-corrected chi connectivity index (χ2v) is 10.3. The van der Waals surface area contributed by atoms with Crippen LogP contribution in [0.25, 0.3) is 0 Å². The van der Waals surface area contributed by atoms with Crippen LogP contribution in [0.2, 0.25) is 0 Å². The molecular weight excluding hydrogens is 446 g/mol. The maximum Gasteiger partial charge on any atom is 0.257 e. The molecule has 1 unspecified atom stereocenters. The van der Waals surface area contributed by atoms with Crippen molar-refractivity contribution in [1.82, 2.24) is 9.78 Å². The van der Waals surface area contributed by atoms with Crippen LogP contribution in [0.4, 0.5) is 5.82 Å². The first-order valence-electron chi connectivity index (χ1n) is 10.3. The Hall–Kier alpha value is -3.37. The normalized spacial score (nSPS) is 12.4. The van der Waals surface area contributed by atoms with Crippen LogP contribution in [0, 0.1) is 0 Å². The molecule has 2 aromatic carbocycles. The van der Waals surface area contributed by atoms with Crippen LogP contribution >= 0.6 is 0 Å². The van der Waals surface area contributed by atoms with E-state index in [1.807, 2.05) is 0 Å². The van der Waals surface area contributed by atoms with Crippen molar-refractivity contribution in [3.8, 4) is 17.2 Å². The van der Waals surface area contributed by atoms with Gasteiger partial charge in [0, 0.05) is 30.9 Å². The number of carbonyl (C=O) groups excluding carboxylic acids is 1. The van der Waals surface area contributed by atoms with E-state index in [0.717, 1.165) is 0 Å². The van der Waals surface area contributed by atoms with Gasteiger partial charge < -0.3 is 19.9 Å². The fraction of sp³-hybridized carbons (Fsp3) is 0.304. The van der Waals surface area contributed by atoms with Crippen molar-refractivity contribution in [2.45, 2.75) is 37.0 Å². The number of aliphatic hydroxyl groups is 1. The van der Waals surface area contributed by atoms with Gasteiger partial charge in [-0.25, -0.2) is 8.42 Å². The van der Waals surface area contributed by atoms with Crippen LogP contribution in [0.3, 0.4) is 0 Å². The predicted octanol–water partition coefficient (Wildman–Crippen LogP) is 3.41. The largest absolute Gasteiger partial charge is 0.488 e. The Morgan fingerprint density at radius 3 is 2.45 bits per heavy atom. The molecule has 0 saturated heterocycles. The van der Waals surface area contributed by atoms with E-state index in [1.165, 1.54) is 24.3 Å². The van der Waals surface area contributed by atoms with Crippen molar-refractivity contribution in [1.29, 1.82) is 0 Å². The summed E-state index contributed by atoms with van der Waals surface area (Å²) in [6, 6.07) is 12.4. The van der Waals surface area contributed by atoms with Gasteiger partial charge in [0.15, 0.2) is 15.7 Å². The molecule has 33 heavy (non-hydrogen) atoms. The lowest BCUT2D eigenvalue weighted by atomic mass is 10.2. The predicted molar refractivity (Wildman–Crippen MR) is 124 cm³/mol. The second-order valence-electron chi connectivity index (χ2n) is 7.80. The van der Waals surface area contributed by atoms with Crippen LogP contribution in [0.1, 0.15) is 31.1 Å². The maximum atomic E-state index is 12.8. The average Bonchev–Trinajstić information content (AvgIpc) is 3.18. The van der Waals surface area contributed by atoms with Crippen LogP contribution in [-0.4, -0.2) is 47.2 Å². The number of ether oxygens (including phenoxy) is 2. The number of aliphatic hydroxyl groups excluding tert-OH is 1. The first-order valence-corrected chi connectivity index (χ1v) is 11.9. The van der Waals surface area contributed by atoms with Crippen molar-refractivity contribution < 1.29 is 27.8 Å². The minimum atomic E-state index is -3.48. The molecule has 0 aliphatic carbocycles. The molecule has 1 heterocycles. The highest BCUT2D eigenvalue weighted by Gasteiger charge is 2.20. The number of nitrogens with zero attached hydrogens (tertiary/aromatic N) is 2. The number of nitrogens with one attached hydrogen (secondary N) is 1. The molecule has 3 aromatic rings. The van der Waals surface area contributed by atoms with Gasteiger partial charge in [0.05, 0.1) is 16.8 Å². The van der Waals surface area contributed by atoms with Crippen molar-refractivity contribution in [3.63, 3.8) is 0 Å². The van der Waals surface area contributed by atoms with Crippen LogP contribution in [0.5, 0.6) is 17.2 Å². The highest BCUT2D eigenvalue weighted by molar-refractivity contribution is 7.92. The smallest absolute Gasteiger partial charge is 0.257 e.